The molecule has 4 rings (SSSR count). The first-order chi connectivity index (χ1) is 9.81. The number of halogens is 1. The van der Waals surface area contributed by atoms with Crippen LogP contribution in [0.5, 0.6) is 0 Å². The van der Waals surface area contributed by atoms with Crippen molar-refractivity contribution in [3.05, 3.63) is 77.6 Å². The van der Waals surface area contributed by atoms with E-state index in [-0.39, 0.29) is 11.9 Å². The molecule has 20 heavy (non-hydrogen) atoms. The molecule has 0 spiro atoms. The molecule has 1 nitrogen and oxygen atoms in total. The van der Waals surface area contributed by atoms with E-state index in [1.807, 2.05) is 6.07 Å². The summed E-state index contributed by atoms with van der Waals surface area (Å²) < 4.78 is 13.4. The van der Waals surface area contributed by atoms with Gasteiger partial charge in [0.25, 0.3) is 0 Å². The van der Waals surface area contributed by atoms with Gasteiger partial charge in [0.1, 0.15) is 5.82 Å². The topological polar surface area (TPSA) is 12.0 Å². The molecule has 0 aromatic heterocycles. The minimum atomic E-state index is -0.176. The first-order valence-electron chi connectivity index (χ1n) is 6.84. The van der Waals surface area contributed by atoms with E-state index in [9.17, 15) is 4.39 Å². The molecule has 1 atom stereocenters. The smallest absolute Gasteiger partial charge is 0.123 e. The number of anilines is 1. The van der Waals surface area contributed by atoms with E-state index in [2.05, 4.69) is 41.7 Å². The van der Waals surface area contributed by atoms with Gasteiger partial charge in [-0.2, -0.15) is 0 Å². The lowest BCUT2D eigenvalue weighted by atomic mass is 9.98. The van der Waals surface area contributed by atoms with E-state index in [1.54, 1.807) is 12.1 Å². The fourth-order valence-electron chi connectivity index (χ4n) is 3.06. The molecule has 1 heterocycles. The van der Waals surface area contributed by atoms with Crippen LogP contribution in [0.1, 0.15) is 17.2 Å². The van der Waals surface area contributed by atoms with Gasteiger partial charge in [0, 0.05) is 5.69 Å². The number of nitrogens with one attached hydrogen (secondary N) is 1. The molecule has 0 saturated carbocycles. The van der Waals surface area contributed by atoms with Crippen LogP contribution < -0.4 is 5.32 Å². The Balaban J connectivity index is 1.78. The minimum absolute atomic E-state index is 0.159. The van der Waals surface area contributed by atoms with Crippen LogP contribution in [-0.2, 0) is 6.42 Å². The average Bonchev–Trinajstić information content (AvgIpc) is 2.92. The van der Waals surface area contributed by atoms with Gasteiger partial charge in [-0.15, -0.1) is 0 Å². The monoisotopic (exact) mass is 263 g/mol. The predicted molar refractivity (Wildman–Crippen MR) is 80.4 cm³/mol. The van der Waals surface area contributed by atoms with Crippen LogP contribution in [0.2, 0.25) is 0 Å². The Hall–Kier alpha value is -2.35. The van der Waals surface area contributed by atoms with Crippen molar-refractivity contribution in [2.24, 2.45) is 0 Å². The van der Waals surface area contributed by atoms with Gasteiger partial charge in [-0.3, -0.25) is 0 Å². The highest BCUT2D eigenvalue weighted by Gasteiger charge is 2.23. The maximum absolute atomic E-state index is 13.4. The summed E-state index contributed by atoms with van der Waals surface area (Å²) in [5.74, 6) is -0.176. The molecular weight excluding hydrogens is 249 g/mol. The second-order valence-electron chi connectivity index (χ2n) is 5.27. The van der Waals surface area contributed by atoms with Crippen molar-refractivity contribution in [3.8, 4) is 0 Å². The number of hydrogen-bond acceptors (Lipinski definition) is 1. The van der Waals surface area contributed by atoms with Gasteiger partial charge in [-0.25, -0.2) is 4.39 Å². The summed E-state index contributed by atoms with van der Waals surface area (Å²) in [6, 6.07) is 19.7. The van der Waals surface area contributed by atoms with Crippen molar-refractivity contribution in [2.45, 2.75) is 12.5 Å². The molecule has 1 aliphatic heterocycles. The van der Waals surface area contributed by atoms with E-state index in [4.69, 9.17) is 0 Å². The van der Waals surface area contributed by atoms with Crippen LogP contribution in [0.4, 0.5) is 10.1 Å². The third kappa shape index (κ3) is 1.76. The molecule has 98 valence electrons. The molecule has 3 aromatic rings. The van der Waals surface area contributed by atoms with Crippen molar-refractivity contribution in [1.82, 2.24) is 0 Å². The molecule has 2 heteroatoms. The van der Waals surface area contributed by atoms with Crippen molar-refractivity contribution in [1.29, 1.82) is 0 Å². The molecule has 0 saturated heterocycles. The van der Waals surface area contributed by atoms with Gasteiger partial charge in [-0.1, -0.05) is 42.5 Å². The van der Waals surface area contributed by atoms with Gasteiger partial charge in [-0.05, 0) is 46.5 Å². The van der Waals surface area contributed by atoms with E-state index in [1.165, 1.54) is 22.4 Å². The summed E-state index contributed by atoms with van der Waals surface area (Å²) in [7, 11) is 0. The second-order valence-corrected chi connectivity index (χ2v) is 5.27. The second kappa shape index (κ2) is 4.34. The van der Waals surface area contributed by atoms with Gasteiger partial charge in [0.15, 0.2) is 0 Å². The fourth-order valence-corrected chi connectivity index (χ4v) is 3.06. The van der Waals surface area contributed by atoms with Crippen LogP contribution in [0.15, 0.2) is 60.7 Å². The highest BCUT2D eigenvalue weighted by atomic mass is 19.1. The molecule has 3 aromatic carbocycles. The van der Waals surface area contributed by atoms with Crippen molar-refractivity contribution in [2.75, 3.05) is 5.32 Å². The van der Waals surface area contributed by atoms with Gasteiger partial charge in [0.2, 0.25) is 0 Å². The summed E-state index contributed by atoms with van der Waals surface area (Å²) in [6.45, 7) is 0. The molecule has 1 N–H and O–H groups in total. The minimum Gasteiger partial charge on any atom is -0.378 e. The molecule has 0 bridgehead atoms. The Morgan fingerprint density at radius 3 is 2.75 bits per heavy atom. The van der Waals surface area contributed by atoms with Crippen LogP contribution in [0, 0.1) is 5.82 Å². The molecule has 0 amide bonds. The zero-order valence-corrected chi connectivity index (χ0v) is 10.9. The Morgan fingerprint density at radius 2 is 1.85 bits per heavy atom. The number of fused-ring (bicyclic) bond motifs is 3. The summed E-state index contributed by atoms with van der Waals surface area (Å²) in [4.78, 5) is 0. The Kier molecular flexibility index (Phi) is 2.49. The van der Waals surface area contributed by atoms with E-state index in [0.717, 1.165) is 17.7 Å². The molecule has 0 fully saturated rings. The van der Waals surface area contributed by atoms with E-state index >= 15 is 0 Å². The Morgan fingerprint density at radius 1 is 0.950 bits per heavy atom. The number of benzene rings is 3. The van der Waals surface area contributed by atoms with E-state index < -0.39 is 0 Å². The van der Waals surface area contributed by atoms with Crippen molar-refractivity contribution < 1.29 is 4.39 Å². The normalized spacial score (nSPS) is 16.9. The lowest BCUT2D eigenvalue weighted by molar-refractivity contribution is 0.623. The van der Waals surface area contributed by atoms with Gasteiger partial charge < -0.3 is 5.32 Å². The Labute approximate surface area is 117 Å². The zero-order valence-electron chi connectivity index (χ0n) is 10.9. The van der Waals surface area contributed by atoms with E-state index in [0.29, 0.717) is 0 Å². The number of hydrogen-bond donors (Lipinski definition) is 1. The van der Waals surface area contributed by atoms with Crippen LogP contribution >= 0.6 is 0 Å². The van der Waals surface area contributed by atoms with Crippen LogP contribution in [0.3, 0.4) is 0 Å². The lowest BCUT2D eigenvalue weighted by Gasteiger charge is -2.11. The average molecular weight is 263 g/mol. The third-order valence-corrected chi connectivity index (χ3v) is 4.03. The lowest BCUT2D eigenvalue weighted by Crippen LogP contribution is -2.05. The molecule has 1 unspecified atom stereocenters. The third-order valence-electron chi connectivity index (χ3n) is 4.03. The van der Waals surface area contributed by atoms with Gasteiger partial charge in [0.05, 0.1) is 6.04 Å². The summed E-state index contributed by atoms with van der Waals surface area (Å²) in [6.07, 6.45) is 0.903. The highest BCUT2D eigenvalue weighted by Crippen LogP contribution is 2.38. The van der Waals surface area contributed by atoms with Crippen molar-refractivity contribution >= 4 is 16.5 Å². The SMILES string of the molecule is Fc1cccc(C2Cc3c(ccc4ccccc34)N2)c1. The highest BCUT2D eigenvalue weighted by molar-refractivity contribution is 5.91. The first kappa shape index (κ1) is 11.5. The molecule has 0 radical (unpaired) electrons. The predicted octanol–water partition coefficient (Wildman–Crippen LogP) is 4.69. The standard InChI is InChI=1S/C18H14FN/c19-14-6-3-5-13(10-14)18-11-16-15-7-2-1-4-12(15)8-9-17(16)20-18/h1-10,18,20H,11H2. The summed E-state index contributed by atoms with van der Waals surface area (Å²) >= 11 is 0. The number of rotatable bonds is 1. The largest absolute Gasteiger partial charge is 0.378 e. The fraction of sp³-hybridized carbons (Fsp3) is 0.111. The Bertz CT molecular complexity index is 794. The maximum Gasteiger partial charge on any atom is 0.123 e. The maximum atomic E-state index is 13.4. The van der Waals surface area contributed by atoms with Crippen LogP contribution in [0.25, 0.3) is 10.8 Å². The molecular formula is C18H14FN. The zero-order chi connectivity index (χ0) is 13.5. The van der Waals surface area contributed by atoms with Crippen LogP contribution in [-0.4, -0.2) is 0 Å². The first-order valence-corrected chi connectivity index (χ1v) is 6.84. The molecule has 1 aliphatic rings. The quantitative estimate of drug-likeness (QED) is 0.671. The molecule has 0 aliphatic carbocycles. The summed E-state index contributed by atoms with van der Waals surface area (Å²) in [5.41, 5.74) is 3.50. The van der Waals surface area contributed by atoms with Gasteiger partial charge >= 0.3 is 0 Å². The van der Waals surface area contributed by atoms with Crippen molar-refractivity contribution in [3.63, 3.8) is 0 Å². The summed E-state index contributed by atoms with van der Waals surface area (Å²) in [5, 5.41) is 6.05.